The number of nitrogens with zero attached hydrogens (tertiary/aromatic N) is 2. The number of benzene rings is 2. The summed E-state index contributed by atoms with van der Waals surface area (Å²) >= 11 is 1.45. The van der Waals surface area contributed by atoms with Gasteiger partial charge in [0.2, 0.25) is 0 Å². The number of aryl methyl sites for hydroxylation is 1. The molecule has 0 atom stereocenters. The van der Waals surface area contributed by atoms with Gasteiger partial charge < -0.3 is 10.1 Å². The standard InChI is InChI=1S/C21H21N3O3S/c1-14-20(15(2)24(23-14)16-9-5-4-6-10-16)22-19(25)13-27-21(26)17-11-7-8-12-18(17)28-3/h4-12H,13H2,1-3H3,(H,22,25). The van der Waals surface area contributed by atoms with Crippen molar-refractivity contribution in [2.45, 2.75) is 18.7 Å². The normalized spacial score (nSPS) is 10.5. The van der Waals surface area contributed by atoms with Crippen LogP contribution < -0.4 is 5.32 Å². The minimum absolute atomic E-state index is 0.364. The predicted molar refractivity (Wildman–Crippen MR) is 110 cm³/mol. The summed E-state index contributed by atoms with van der Waals surface area (Å²) in [6, 6.07) is 16.8. The van der Waals surface area contributed by atoms with Crippen LogP contribution in [-0.2, 0) is 9.53 Å². The van der Waals surface area contributed by atoms with Gasteiger partial charge in [0.25, 0.3) is 5.91 Å². The summed E-state index contributed by atoms with van der Waals surface area (Å²) in [7, 11) is 0. The number of thioether (sulfide) groups is 1. The van der Waals surface area contributed by atoms with Gasteiger partial charge in [-0.05, 0) is 44.4 Å². The first-order valence-electron chi connectivity index (χ1n) is 8.73. The second-order valence-electron chi connectivity index (χ2n) is 6.12. The number of carbonyl (C=O) groups is 2. The van der Waals surface area contributed by atoms with E-state index in [0.717, 1.165) is 16.3 Å². The number of carbonyl (C=O) groups excluding carboxylic acids is 2. The Bertz CT molecular complexity index is 999. The van der Waals surface area contributed by atoms with Crippen molar-refractivity contribution in [2.75, 3.05) is 18.2 Å². The fraction of sp³-hybridized carbons (Fsp3) is 0.190. The predicted octanol–water partition coefficient (Wildman–Crippen LogP) is 4.01. The number of para-hydroxylation sites is 1. The first-order chi connectivity index (χ1) is 13.5. The molecule has 0 fully saturated rings. The number of nitrogens with one attached hydrogen (secondary N) is 1. The second-order valence-corrected chi connectivity index (χ2v) is 6.97. The summed E-state index contributed by atoms with van der Waals surface area (Å²) in [6.45, 7) is 3.34. The summed E-state index contributed by atoms with van der Waals surface area (Å²) in [5.41, 5.74) is 3.47. The number of hydrogen-bond acceptors (Lipinski definition) is 5. The lowest BCUT2D eigenvalue weighted by Crippen LogP contribution is -2.21. The lowest BCUT2D eigenvalue weighted by molar-refractivity contribution is -0.119. The zero-order valence-electron chi connectivity index (χ0n) is 15.9. The maximum absolute atomic E-state index is 12.3. The van der Waals surface area contributed by atoms with Gasteiger partial charge in [0.1, 0.15) is 0 Å². The van der Waals surface area contributed by atoms with E-state index in [0.29, 0.717) is 16.9 Å². The van der Waals surface area contributed by atoms with Crippen molar-refractivity contribution < 1.29 is 14.3 Å². The van der Waals surface area contributed by atoms with Crippen molar-refractivity contribution >= 4 is 29.3 Å². The molecule has 0 aliphatic heterocycles. The van der Waals surface area contributed by atoms with E-state index in [4.69, 9.17) is 4.74 Å². The highest BCUT2D eigenvalue weighted by molar-refractivity contribution is 7.98. The first kappa shape index (κ1) is 19.7. The number of aromatic nitrogens is 2. The van der Waals surface area contributed by atoms with Crippen molar-refractivity contribution in [2.24, 2.45) is 0 Å². The summed E-state index contributed by atoms with van der Waals surface area (Å²) in [5.74, 6) is -0.928. The number of esters is 1. The van der Waals surface area contributed by atoms with Crippen LogP contribution in [0, 0.1) is 13.8 Å². The smallest absolute Gasteiger partial charge is 0.339 e. The van der Waals surface area contributed by atoms with Gasteiger partial charge in [0, 0.05) is 4.90 Å². The van der Waals surface area contributed by atoms with Gasteiger partial charge in [0.15, 0.2) is 6.61 Å². The average Bonchev–Trinajstić information content (AvgIpc) is 3.00. The molecule has 0 radical (unpaired) electrons. The Morgan fingerprint density at radius 2 is 1.75 bits per heavy atom. The highest BCUT2D eigenvalue weighted by Crippen LogP contribution is 2.23. The van der Waals surface area contributed by atoms with E-state index in [1.54, 1.807) is 16.8 Å². The molecule has 0 bridgehead atoms. The Morgan fingerprint density at radius 1 is 1.07 bits per heavy atom. The number of ether oxygens (including phenoxy) is 1. The quantitative estimate of drug-likeness (QED) is 0.504. The molecule has 1 N–H and O–H groups in total. The fourth-order valence-electron chi connectivity index (χ4n) is 2.84. The minimum atomic E-state index is -0.520. The van der Waals surface area contributed by atoms with Crippen LogP contribution in [0.25, 0.3) is 5.69 Å². The van der Waals surface area contributed by atoms with Crippen molar-refractivity contribution in [3.63, 3.8) is 0 Å². The molecule has 1 heterocycles. The Kier molecular flexibility index (Phi) is 6.16. The number of hydrogen-bond donors (Lipinski definition) is 1. The van der Waals surface area contributed by atoms with E-state index in [1.807, 2.05) is 62.6 Å². The molecule has 0 aliphatic carbocycles. The van der Waals surface area contributed by atoms with Crippen molar-refractivity contribution in [1.29, 1.82) is 0 Å². The molecule has 6 nitrogen and oxygen atoms in total. The van der Waals surface area contributed by atoms with Crippen molar-refractivity contribution in [3.05, 3.63) is 71.5 Å². The minimum Gasteiger partial charge on any atom is -0.452 e. The molecule has 1 amide bonds. The molecule has 3 aromatic rings. The van der Waals surface area contributed by atoms with Crippen LogP contribution >= 0.6 is 11.8 Å². The molecule has 1 aromatic heterocycles. The number of rotatable bonds is 6. The van der Waals surface area contributed by atoms with E-state index in [-0.39, 0.29) is 6.61 Å². The van der Waals surface area contributed by atoms with Crippen LogP contribution in [-0.4, -0.2) is 34.5 Å². The molecule has 0 unspecified atom stereocenters. The zero-order chi connectivity index (χ0) is 20.1. The van der Waals surface area contributed by atoms with Crippen LogP contribution in [0.5, 0.6) is 0 Å². The van der Waals surface area contributed by atoms with Gasteiger partial charge in [0.05, 0.1) is 28.3 Å². The van der Waals surface area contributed by atoms with E-state index in [9.17, 15) is 9.59 Å². The largest absolute Gasteiger partial charge is 0.452 e. The van der Waals surface area contributed by atoms with Crippen LogP contribution in [0.4, 0.5) is 5.69 Å². The van der Waals surface area contributed by atoms with Crippen LogP contribution in [0.3, 0.4) is 0 Å². The van der Waals surface area contributed by atoms with Gasteiger partial charge in [-0.3, -0.25) is 4.79 Å². The Morgan fingerprint density at radius 3 is 2.46 bits per heavy atom. The SMILES string of the molecule is CSc1ccccc1C(=O)OCC(=O)Nc1c(C)nn(-c2ccccc2)c1C. The summed E-state index contributed by atoms with van der Waals surface area (Å²) in [6.07, 6.45) is 1.88. The average molecular weight is 395 g/mol. The zero-order valence-corrected chi connectivity index (χ0v) is 16.7. The lowest BCUT2D eigenvalue weighted by Gasteiger charge is -2.09. The van der Waals surface area contributed by atoms with Crippen LogP contribution in [0.2, 0.25) is 0 Å². The molecule has 7 heteroatoms. The van der Waals surface area contributed by atoms with Crippen LogP contribution in [0.1, 0.15) is 21.7 Å². The lowest BCUT2D eigenvalue weighted by atomic mass is 10.2. The molecule has 3 rings (SSSR count). The van der Waals surface area contributed by atoms with Crippen LogP contribution in [0.15, 0.2) is 59.5 Å². The number of anilines is 1. The van der Waals surface area contributed by atoms with Crippen molar-refractivity contribution in [3.8, 4) is 5.69 Å². The molecular weight excluding hydrogens is 374 g/mol. The molecular formula is C21H21N3O3S. The maximum atomic E-state index is 12.3. The van der Waals surface area contributed by atoms with Crippen molar-refractivity contribution in [1.82, 2.24) is 9.78 Å². The molecule has 0 saturated heterocycles. The highest BCUT2D eigenvalue weighted by Gasteiger charge is 2.17. The molecule has 0 aliphatic rings. The van der Waals surface area contributed by atoms with E-state index < -0.39 is 11.9 Å². The van der Waals surface area contributed by atoms with Gasteiger partial charge in [-0.25, -0.2) is 9.48 Å². The summed E-state index contributed by atoms with van der Waals surface area (Å²) < 4.78 is 6.95. The molecule has 144 valence electrons. The molecule has 28 heavy (non-hydrogen) atoms. The second kappa shape index (κ2) is 8.75. The van der Waals surface area contributed by atoms with Gasteiger partial charge in [-0.1, -0.05) is 30.3 Å². The highest BCUT2D eigenvalue weighted by atomic mass is 32.2. The fourth-order valence-corrected chi connectivity index (χ4v) is 3.43. The number of amides is 1. The summed E-state index contributed by atoms with van der Waals surface area (Å²) in [4.78, 5) is 25.4. The molecule has 0 saturated carbocycles. The third-order valence-electron chi connectivity index (χ3n) is 4.22. The topological polar surface area (TPSA) is 73.2 Å². The molecule has 0 spiro atoms. The Hall–Kier alpha value is -3.06. The Balaban J connectivity index is 1.67. The van der Waals surface area contributed by atoms with E-state index in [2.05, 4.69) is 10.4 Å². The first-order valence-corrected chi connectivity index (χ1v) is 9.95. The van der Waals surface area contributed by atoms with E-state index in [1.165, 1.54) is 11.8 Å². The third kappa shape index (κ3) is 4.26. The van der Waals surface area contributed by atoms with E-state index >= 15 is 0 Å². The van der Waals surface area contributed by atoms with Gasteiger partial charge in [-0.15, -0.1) is 11.8 Å². The monoisotopic (exact) mass is 395 g/mol. The maximum Gasteiger partial charge on any atom is 0.339 e. The summed E-state index contributed by atoms with van der Waals surface area (Å²) in [5, 5.41) is 7.29. The van der Waals surface area contributed by atoms with Gasteiger partial charge in [-0.2, -0.15) is 5.10 Å². The Labute approximate surface area is 167 Å². The van der Waals surface area contributed by atoms with Gasteiger partial charge >= 0.3 is 5.97 Å². The third-order valence-corrected chi connectivity index (χ3v) is 5.01. The molecule has 2 aromatic carbocycles.